The number of anilines is 1. The van der Waals surface area contributed by atoms with Gasteiger partial charge in [0.25, 0.3) is 6.43 Å². The Balaban J connectivity index is 1.49. The van der Waals surface area contributed by atoms with Gasteiger partial charge in [-0.05, 0) is 36.5 Å². The van der Waals surface area contributed by atoms with Crippen LogP contribution in [0.15, 0.2) is 54.7 Å². The van der Waals surface area contributed by atoms with Gasteiger partial charge in [0, 0.05) is 12.1 Å². The van der Waals surface area contributed by atoms with Gasteiger partial charge in [-0.2, -0.15) is 5.10 Å². The number of benzene rings is 2. The van der Waals surface area contributed by atoms with Gasteiger partial charge in [0.05, 0.1) is 18.7 Å². The van der Waals surface area contributed by atoms with Crippen molar-refractivity contribution in [2.24, 2.45) is 0 Å². The van der Waals surface area contributed by atoms with Crippen LogP contribution >= 0.6 is 0 Å². The predicted molar refractivity (Wildman–Crippen MR) is 121 cm³/mol. The van der Waals surface area contributed by atoms with Gasteiger partial charge < -0.3 is 10.6 Å². The highest BCUT2D eigenvalue weighted by Gasteiger charge is 2.35. The average Bonchev–Trinajstić information content (AvgIpc) is 3.20. The second kappa shape index (κ2) is 9.51. The summed E-state index contributed by atoms with van der Waals surface area (Å²) in [5, 5.41) is 10.4. The van der Waals surface area contributed by atoms with Crippen molar-refractivity contribution >= 4 is 11.7 Å². The zero-order chi connectivity index (χ0) is 22.7. The molecule has 1 aliphatic heterocycles. The fraction of sp³-hybridized carbons (Fsp3) is 0.360. The van der Waals surface area contributed by atoms with Crippen molar-refractivity contribution < 1.29 is 13.6 Å². The highest BCUT2D eigenvalue weighted by Crippen LogP contribution is 2.39. The summed E-state index contributed by atoms with van der Waals surface area (Å²) in [5.41, 5.74) is 4.94. The molecule has 2 N–H and O–H groups in total. The van der Waals surface area contributed by atoms with Crippen molar-refractivity contribution in [1.29, 1.82) is 0 Å². The maximum atomic E-state index is 13.8. The molecule has 2 atom stereocenters. The third-order valence-electron chi connectivity index (χ3n) is 6.02. The number of halogens is 2. The summed E-state index contributed by atoms with van der Waals surface area (Å²) < 4.78 is 29.0. The number of aryl methyl sites for hydroxylation is 2. The molecule has 32 heavy (non-hydrogen) atoms. The number of nitrogens with zero attached hydrogens (tertiary/aromatic N) is 2. The number of hydrogen-bond acceptors (Lipinski definition) is 3. The summed E-state index contributed by atoms with van der Waals surface area (Å²) in [4.78, 5) is 12.5. The van der Waals surface area contributed by atoms with E-state index < -0.39 is 12.5 Å². The summed E-state index contributed by atoms with van der Waals surface area (Å²) in [6.45, 7) is 4.51. The number of hydrogen-bond donors (Lipinski definition) is 2. The van der Waals surface area contributed by atoms with E-state index in [1.54, 1.807) is 0 Å². The van der Waals surface area contributed by atoms with E-state index in [4.69, 9.17) is 0 Å². The molecule has 0 spiro atoms. The molecule has 0 bridgehead atoms. The van der Waals surface area contributed by atoms with Gasteiger partial charge in [-0.3, -0.25) is 4.79 Å². The summed E-state index contributed by atoms with van der Waals surface area (Å²) in [7, 11) is 0. The lowest BCUT2D eigenvalue weighted by Gasteiger charge is -2.33. The van der Waals surface area contributed by atoms with Crippen molar-refractivity contribution in [3.8, 4) is 0 Å². The molecule has 1 aliphatic rings. The monoisotopic (exact) mass is 438 g/mol. The molecular formula is C25H28F2N4O. The zero-order valence-corrected chi connectivity index (χ0v) is 18.3. The Kier molecular flexibility index (Phi) is 6.53. The van der Waals surface area contributed by atoms with E-state index in [2.05, 4.69) is 22.7 Å². The molecule has 2 aromatic carbocycles. The van der Waals surface area contributed by atoms with Crippen molar-refractivity contribution in [3.63, 3.8) is 0 Å². The average molecular weight is 439 g/mol. The van der Waals surface area contributed by atoms with Crippen LogP contribution in [0, 0.1) is 6.92 Å². The van der Waals surface area contributed by atoms with Gasteiger partial charge in [-0.15, -0.1) is 0 Å². The minimum atomic E-state index is -2.55. The molecular weight excluding hydrogens is 410 g/mol. The van der Waals surface area contributed by atoms with Crippen LogP contribution in [-0.4, -0.2) is 22.1 Å². The first kappa shape index (κ1) is 22.0. The summed E-state index contributed by atoms with van der Waals surface area (Å²) in [5.74, 6) is 0.322. The number of fused-ring (bicyclic) bond motifs is 1. The number of carbonyl (C=O) groups is 1. The molecule has 4 rings (SSSR count). The number of carbonyl (C=O) groups excluding carboxylic acids is 1. The Labute approximate surface area is 186 Å². The molecule has 0 aliphatic carbocycles. The number of alkyl halides is 2. The minimum Gasteiger partial charge on any atom is -0.363 e. The van der Waals surface area contributed by atoms with Gasteiger partial charge in [-0.1, -0.05) is 61.0 Å². The van der Waals surface area contributed by atoms with Crippen LogP contribution in [0.3, 0.4) is 0 Å². The molecule has 0 fully saturated rings. The van der Waals surface area contributed by atoms with E-state index in [1.807, 2.05) is 55.5 Å². The van der Waals surface area contributed by atoms with Crippen LogP contribution in [0.25, 0.3) is 0 Å². The highest BCUT2D eigenvalue weighted by molar-refractivity contribution is 5.80. The van der Waals surface area contributed by atoms with Gasteiger partial charge in [-0.25, -0.2) is 13.5 Å². The standard InChI is InChI=1S/C25H28F2N4O/c1-3-17-8-10-19(11-9-17)21-13-22(24(26)27)31-25(30-21)20(15-29-31)12-23(32)28-14-18-6-4-16(2)5-7-18/h4-11,15,21-22,24,30H,3,12-14H2,1-2H3,(H,28,32)/t21-,22+/m1/s1. The Morgan fingerprint density at radius 2 is 1.84 bits per heavy atom. The predicted octanol–water partition coefficient (Wildman–Crippen LogP) is 4.98. The maximum Gasteiger partial charge on any atom is 0.260 e. The van der Waals surface area contributed by atoms with Crippen LogP contribution in [0.2, 0.25) is 0 Å². The number of nitrogens with one attached hydrogen (secondary N) is 2. The van der Waals surface area contributed by atoms with E-state index in [0.717, 1.165) is 23.1 Å². The first-order valence-corrected chi connectivity index (χ1v) is 11.0. The minimum absolute atomic E-state index is 0.0750. The molecule has 0 saturated heterocycles. The quantitative estimate of drug-likeness (QED) is 0.547. The number of amides is 1. The van der Waals surface area contributed by atoms with Crippen LogP contribution in [0.5, 0.6) is 0 Å². The lowest BCUT2D eigenvalue weighted by Crippen LogP contribution is -2.31. The lowest BCUT2D eigenvalue weighted by molar-refractivity contribution is -0.120. The van der Waals surface area contributed by atoms with E-state index in [-0.39, 0.29) is 24.8 Å². The maximum absolute atomic E-state index is 13.8. The summed E-state index contributed by atoms with van der Waals surface area (Å²) >= 11 is 0. The first-order valence-electron chi connectivity index (χ1n) is 11.0. The molecule has 168 valence electrons. The highest BCUT2D eigenvalue weighted by atomic mass is 19.3. The number of rotatable bonds is 7. The molecule has 1 amide bonds. The summed E-state index contributed by atoms with van der Waals surface area (Å²) in [6.07, 6.45) is 0.206. The van der Waals surface area contributed by atoms with Crippen molar-refractivity contribution in [2.75, 3.05) is 5.32 Å². The molecule has 0 unspecified atom stereocenters. The molecule has 1 aromatic heterocycles. The van der Waals surface area contributed by atoms with Crippen molar-refractivity contribution in [2.45, 2.75) is 58.2 Å². The van der Waals surface area contributed by atoms with E-state index in [1.165, 1.54) is 16.4 Å². The SMILES string of the molecule is CCc1ccc([C@H]2C[C@@H](C(F)F)n3ncc(CC(=O)NCc4ccc(C)cc4)c3N2)cc1. The van der Waals surface area contributed by atoms with Crippen molar-refractivity contribution in [1.82, 2.24) is 15.1 Å². The van der Waals surface area contributed by atoms with Gasteiger partial charge in [0.15, 0.2) is 0 Å². The smallest absolute Gasteiger partial charge is 0.260 e. The molecule has 3 aromatic rings. The Hall–Kier alpha value is -3.22. The lowest BCUT2D eigenvalue weighted by atomic mass is 9.95. The Morgan fingerprint density at radius 3 is 2.50 bits per heavy atom. The zero-order valence-electron chi connectivity index (χ0n) is 18.3. The van der Waals surface area contributed by atoms with Crippen LogP contribution in [0.1, 0.15) is 53.2 Å². The third kappa shape index (κ3) is 4.82. The van der Waals surface area contributed by atoms with E-state index >= 15 is 0 Å². The number of aromatic nitrogens is 2. The normalized spacial score (nSPS) is 17.7. The summed E-state index contributed by atoms with van der Waals surface area (Å²) in [6, 6.07) is 14.7. The van der Waals surface area contributed by atoms with E-state index in [0.29, 0.717) is 17.9 Å². The fourth-order valence-electron chi connectivity index (χ4n) is 4.06. The second-order valence-electron chi connectivity index (χ2n) is 8.33. The van der Waals surface area contributed by atoms with Gasteiger partial charge >= 0.3 is 0 Å². The van der Waals surface area contributed by atoms with Crippen LogP contribution < -0.4 is 10.6 Å². The second-order valence-corrected chi connectivity index (χ2v) is 8.33. The molecule has 5 nitrogen and oxygen atoms in total. The molecule has 0 saturated carbocycles. The van der Waals surface area contributed by atoms with E-state index in [9.17, 15) is 13.6 Å². The van der Waals surface area contributed by atoms with Crippen LogP contribution in [-0.2, 0) is 24.2 Å². The third-order valence-corrected chi connectivity index (χ3v) is 6.02. The Morgan fingerprint density at radius 1 is 1.16 bits per heavy atom. The molecule has 0 radical (unpaired) electrons. The fourth-order valence-corrected chi connectivity index (χ4v) is 4.06. The van der Waals surface area contributed by atoms with Crippen molar-refractivity contribution in [3.05, 3.63) is 82.5 Å². The molecule has 7 heteroatoms. The van der Waals surface area contributed by atoms with Gasteiger partial charge in [0.1, 0.15) is 11.9 Å². The van der Waals surface area contributed by atoms with Crippen LogP contribution in [0.4, 0.5) is 14.6 Å². The Bertz CT molecular complexity index is 1060. The largest absolute Gasteiger partial charge is 0.363 e. The molecule has 2 heterocycles. The first-order chi connectivity index (χ1) is 15.4. The van der Waals surface area contributed by atoms with Gasteiger partial charge in [0.2, 0.25) is 5.91 Å². The topological polar surface area (TPSA) is 59.0 Å².